The van der Waals surface area contributed by atoms with E-state index in [0.29, 0.717) is 29.2 Å². The van der Waals surface area contributed by atoms with Gasteiger partial charge in [0.25, 0.3) is 11.8 Å². The Kier molecular flexibility index (Phi) is 6.34. The van der Waals surface area contributed by atoms with Crippen LogP contribution in [0.4, 0.5) is 5.69 Å². The average Bonchev–Trinajstić information content (AvgIpc) is 3.24. The van der Waals surface area contributed by atoms with Crippen molar-refractivity contribution in [2.75, 3.05) is 18.6 Å². The molecule has 0 radical (unpaired) electrons. The van der Waals surface area contributed by atoms with E-state index in [-0.39, 0.29) is 18.3 Å². The number of rotatable bonds is 4. The number of likely N-dealkylation sites (N-methyl/N-ethyl adjacent to an activating group) is 1. The molecule has 2 heterocycles. The molecule has 0 aliphatic carbocycles. The molecule has 1 aliphatic heterocycles. The van der Waals surface area contributed by atoms with Crippen molar-refractivity contribution in [3.05, 3.63) is 71.3 Å². The van der Waals surface area contributed by atoms with Gasteiger partial charge in [-0.1, -0.05) is 42.2 Å². The molecular weight excluding hydrogens is 434 g/mol. The number of fused-ring (bicyclic) bond motifs is 1. The first kappa shape index (κ1) is 23.0. The van der Waals surface area contributed by atoms with E-state index in [2.05, 4.69) is 32.3 Å². The fourth-order valence-corrected chi connectivity index (χ4v) is 3.39. The number of amides is 2. The van der Waals surface area contributed by atoms with Gasteiger partial charge in [0.05, 0.1) is 5.69 Å². The van der Waals surface area contributed by atoms with Crippen LogP contribution < -0.4 is 15.0 Å². The maximum absolute atomic E-state index is 13.1. The van der Waals surface area contributed by atoms with E-state index in [4.69, 9.17) is 4.74 Å². The Balaban J connectivity index is 1.46. The monoisotopic (exact) mass is 459 g/mol. The van der Waals surface area contributed by atoms with Crippen LogP contribution in [-0.2, 0) is 11.2 Å². The summed E-state index contributed by atoms with van der Waals surface area (Å²) in [5, 5.41) is 19.3. The second-order valence-corrected chi connectivity index (χ2v) is 8.49. The molecule has 1 aliphatic rings. The van der Waals surface area contributed by atoms with Crippen LogP contribution in [-0.4, -0.2) is 57.4 Å². The Bertz CT molecular complexity index is 1270. The Hall–Kier alpha value is -4.16. The number of hydrogen-bond acceptors (Lipinski definition) is 6. The van der Waals surface area contributed by atoms with E-state index in [1.807, 2.05) is 30.3 Å². The van der Waals surface area contributed by atoms with Crippen LogP contribution in [0.3, 0.4) is 0 Å². The molecule has 0 spiro atoms. The van der Waals surface area contributed by atoms with E-state index in [1.165, 1.54) is 4.90 Å². The van der Waals surface area contributed by atoms with Crippen molar-refractivity contribution in [2.45, 2.75) is 31.9 Å². The molecule has 1 unspecified atom stereocenters. The quantitative estimate of drug-likeness (QED) is 0.511. The van der Waals surface area contributed by atoms with Crippen molar-refractivity contribution < 1.29 is 19.4 Å². The predicted octanol–water partition coefficient (Wildman–Crippen LogP) is 1.67. The SMILES string of the molecule is CN1C(=O)C(NC(=O)c2n[nH]c(Cc3ccccc3)n2)COc2ccc(C#CC(C)(C)O)cc21. The molecule has 174 valence electrons. The van der Waals surface area contributed by atoms with Gasteiger partial charge in [0, 0.05) is 19.0 Å². The summed E-state index contributed by atoms with van der Waals surface area (Å²) in [6, 6.07) is 13.9. The Morgan fingerprint density at radius 3 is 2.79 bits per heavy atom. The molecule has 34 heavy (non-hydrogen) atoms. The van der Waals surface area contributed by atoms with Gasteiger partial charge >= 0.3 is 0 Å². The zero-order valence-electron chi connectivity index (χ0n) is 19.1. The van der Waals surface area contributed by atoms with Crippen LogP contribution in [0.5, 0.6) is 5.75 Å². The average molecular weight is 460 g/mol. The number of aliphatic hydroxyl groups is 1. The van der Waals surface area contributed by atoms with Crippen molar-refractivity contribution in [1.29, 1.82) is 0 Å². The summed E-state index contributed by atoms with van der Waals surface area (Å²) in [5.41, 5.74) is 1.04. The molecule has 3 N–H and O–H groups in total. The third-order valence-electron chi connectivity index (χ3n) is 5.12. The second-order valence-electron chi connectivity index (χ2n) is 8.49. The summed E-state index contributed by atoms with van der Waals surface area (Å²) in [6.45, 7) is 3.14. The molecule has 0 saturated carbocycles. The van der Waals surface area contributed by atoms with Gasteiger partial charge in [0.15, 0.2) is 0 Å². The predicted molar refractivity (Wildman–Crippen MR) is 125 cm³/mol. The molecule has 0 fully saturated rings. The van der Waals surface area contributed by atoms with Crippen molar-refractivity contribution in [3.63, 3.8) is 0 Å². The molecule has 9 heteroatoms. The number of H-pyrrole nitrogens is 1. The topological polar surface area (TPSA) is 120 Å². The zero-order chi connectivity index (χ0) is 24.3. The van der Waals surface area contributed by atoms with Gasteiger partial charge < -0.3 is 20.1 Å². The van der Waals surface area contributed by atoms with Crippen molar-refractivity contribution in [3.8, 4) is 17.6 Å². The first-order chi connectivity index (χ1) is 16.2. The lowest BCUT2D eigenvalue weighted by Crippen LogP contribution is -2.49. The number of hydrogen-bond donors (Lipinski definition) is 3. The minimum Gasteiger partial charge on any atom is -0.489 e. The van der Waals surface area contributed by atoms with Crippen LogP contribution in [0.25, 0.3) is 0 Å². The molecule has 2 aromatic carbocycles. The standard InChI is InChI=1S/C25H25N5O4/c1-25(2,33)12-11-17-9-10-20-19(13-17)30(3)24(32)18(15-34-20)26-23(31)22-27-21(28-29-22)14-16-7-5-4-6-8-16/h4-10,13,18,33H,14-15H2,1-3H3,(H,26,31)(H,27,28,29). The van der Waals surface area contributed by atoms with Gasteiger partial charge in [0.1, 0.15) is 29.8 Å². The van der Waals surface area contributed by atoms with Gasteiger partial charge in [-0.2, -0.15) is 0 Å². The maximum atomic E-state index is 13.1. The third-order valence-corrected chi connectivity index (χ3v) is 5.12. The van der Waals surface area contributed by atoms with Gasteiger partial charge in [-0.3, -0.25) is 14.7 Å². The number of benzene rings is 2. The second kappa shape index (κ2) is 9.37. The highest BCUT2D eigenvalue weighted by Crippen LogP contribution is 2.31. The van der Waals surface area contributed by atoms with E-state index in [1.54, 1.807) is 39.1 Å². The molecule has 0 bridgehead atoms. The van der Waals surface area contributed by atoms with Gasteiger partial charge in [0.2, 0.25) is 5.82 Å². The number of nitrogens with one attached hydrogen (secondary N) is 2. The summed E-state index contributed by atoms with van der Waals surface area (Å²) < 4.78 is 5.80. The molecule has 1 atom stereocenters. The van der Waals surface area contributed by atoms with Crippen LogP contribution in [0.15, 0.2) is 48.5 Å². The van der Waals surface area contributed by atoms with Crippen molar-refractivity contribution in [2.24, 2.45) is 0 Å². The number of aromatic nitrogens is 3. The fourth-order valence-electron chi connectivity index (χ4n) is 3.39. The molecule has 4 rings (SSSR count). The molecule has 2 amide bonds. The van der Waals surface area contributed by atoms with E-state index in [0.717, 1.165) is 5.56 Å². The number of ether oxygens (including phenoxy) is 1. The van der Waals surface area contributed by atoms with E-state index >= 15 is 0 Å². The maximum Gasteiger partial charge on any atom is 0.291 e. The number of anilines is 1. The summed E-state index contributed by atoms with van der Waals surface area (Å²) >= 11 is 0. The number of carbonyl (C=O) groups is 2. The van der Waals surface area contributed by atoms with Crippen LogP contribution in [0, 0.1) is 11.8 Å². The van der Waals surface area contributed by atoms with Gasteiger partial charge in [-0.15, -0.1) is 5.10 Å². The summed E-state index contributed by atoms with van der Waals surface area (Å²) in [4.78, 5) is 31.4. The Morgan fingerprint density at radius 2 is 2.06 bits per heavy atom. The summed E-state index contributed by atoms with van der Waals surface area (Å²) in [5.74, 6) is 5.70. The molecule has 0 saturated heterocycles. The van der Waals surface area contributed by atoms with Gasteiger partial charge in [-0.05, 0) is 37.6 Å². The first-order valence-corrected chi connectivity index (χ1v) is 10.8. The highest BCUT2D eigenvalue weighted by Gasteiger charge is 2.31. The zero-order valence-corrected chi connectivity index (χ0v) is 19.1. The number of nitrogens with zero attached hydrogens (tertiary/aromatic N) is 3. The third kappa shape index (κ3) is 5.42. The Morgan fingerprint density at radius 1 is 1.29 bits per heavy atom. The lowest BCUT2D eigenvalue weighted by Gasteiger charge is -2.20. The van der Waals surface area contributed by atoms with Crippen LogP contribution in [0.1, 0.15) is 41.4 Å². The van der Waals surface area contributed by atoms with Crippen LogP contribution >= 0.6 is 0 Å². The van der Waals surface area contributed by atoms with Gasteiger partial charge in [-0.25, -0.2) is 4.98 Å². The fraction of sp³-hybridized carbons (Fsp3) is 0.280. The largest absolute Gasteiger partial charge is 0.489 e. The van der Waals surface area contributed by atoms with E-state index in [9.17, 15) is 14.7 Å². The lowest BCUT2D eigenvalue weighted by molar-refractivity contribution is -0.120. The van der Waals surface area contributed by atoms with Crippen LogP contribution in [0.2, 0.25) is 0 Å². The first-order valence-electron chi connectivity index (χ1n) is 10.8. The van der Waals surface area contributed by atoms with Crippen molar-refractivity contribution in [1.82, 2.24) is 20.5 Å². The molecule has 3 aromatic rings. The molecule has 1 aromatic heterocycles. The smallest absolute Gasteiger partial charge is 0.291 e. The number of carbonyl (C=O) groups excluding carboxylic acids is 2. The summed E-state index contributed by atoms with van der Waals surface area (Å²) in [6.07, 6.45) is 0.503. The number of aromatic amines is 1. The minimum absolute atomic E-state index is 0.0437. The summed E-state index contributed by atoms with van der Waals surface area (Å²) in [7, 11) is 1.60. The molecular formula is C25H25N5O4. The lowest BCUT2D eigenvalue weighted by atomic mass is 10.1. The van der Waals surface area contributed by atoms with E-state index < -0.39 is 17.6 Å². The molecule has 9 nitrogen and oxygen atoms in total. The highest BCUT2D eigenvalue weighted by molar-refractivity contribution is 6.02. The Labute approximate surface area is 197 Å². The normalized spacial score (nSPS) is 15.5. The highest BCUT2D eigenvalue weighted by atomic mass is 16.5. The van der Waals surface area contributed by atoms with Crippen molar-refractivity contribution >= 4 is 17.5 Å². The minimum atomic E-state index is -1.14.